The van der Waals surface area contributed by atoms with Crippen LogP contribution in [0.15, 0.2) is 72.8 Å². The highest BCUT2D eigenvalue weighted by molar-refractivity contribution is 6.78. The first-order chi connectivity index (χ1) is 15.3. The third-order valence-electron chi connectivity index (χ3n) is 7.04. The second-order valence-electron chi connectivity index (χ2n) is 9.76. The molecule has 166 valence electrons. The summed E-state index contributed by atoms with van der Waals surface area (Å²) in [5.74, 6) is 1.17. The number of benzene rings is 4. The maximum absolute atomic E-state index is 11.1. The zero-order chi connectivity index (χ0) is 23.0. The Hall–Kier alpha value is -2.78. The topological polar surface area (TPSA) is 29.5 Å². The lowest BCUT2D eigenvalue weighted by Crippen LogP contribution is -2.50. The monoisotopic (exact) mass is 442 g/mol. The van der Waals surface area contributed by atoms with E-state index < -0.39 is 8.32 Å². The molecule has 0 heterocycles. The van der Waals surface area contributed by atoms with Crippen molar-refractivity contribution < 1.29 is 9.53 Å². The van der Waals surface area contributed by atoms with Crippen molar-refractivity contribution in [1.29, 1.82) is 0 Å². The van der Waals surface area contributed by atoms with Gasteiger partial charge in [0.1, 0.15) is 11.5 Å². The maximum atomic E-state index is 11.1. The Bertz CT molecular complexity index is 1230. The van der Waals surface area contributed by atoms with Crippen molar-refractivity contribution in [2.75, 3.05) is 0 Å². The van der Waals surface area contributed by atoms with E-state index in [1.54, 1.807) is 6.07 Å². The second kappa shape index (κ2) is 8.63. The molecule has 0 fully saturated rings. The molecular formula is C29H34O2Si. The molecule has 0 aliphatic rings. The van der Waals surface area contributed by atoms with E-state index in [1.807, 2.05) is 18.2 Å². The highest BCUT2D eigenvalue weighted by atomic mass is 28.4. The molecule has 0 amide bonds. The van der Waals surface area contributed by atoms with Crippen LogP contribution in [0.4, 0.5) is 0 Å². The van der Waals surface area contributed by atoms with Crippen molar-refractivity contribution in [3.63, 3.8) is 0 Å². The molecule has 0 radical (unpaired) electrons. The van der Waals surface area contributed by atoms with Gasteiger partial charge >= 0.3 is 0 Å². The van der Waals surface area contributed by atoms with Crippen LogP contribution in [-0.2, 0) is 0 Å². The number of hydrogen-bond acceptors (Lipinski definition) is 2. The lowest BCUT2D eigenvalue weighted by atomic mass is 9.92. The fourth-order valence-electron chi connectivity index (χ4n) is 5.66. The van der Waals surface area contributed by atoms with Crippen molar-refractivity contribution in [1.82, 2.24) is 0 Å². The average Bonchev–Trinajstić information content (AvgIpc) is 2.77. The number of fused-ring (bicyclic) bond motifs is 2. The van der Waals surface area contributed by atoms with Crippen LogP contribution >= 0.6 is 0 Å². The van der Waals surface area contributed by atoms with Crippen LogP contribution in [0.5, 0.6) is 11.5 Å². The molecule has 2 nitrogen and oxygen atoms in total. The van der Waals surface area contributed by atoms with Crippen LogP contribution < -0.4 is 4.43 Å². The zero-order valence-electron chi connectivity index (χ0n) is 20.0. The summed E-state index contributed by atoms with van der Waals surface area (Å²) in [5.41, 5.74) is 3.24. The molecule has 0 saturated heterocycles. The Morgan fingerprint density at radius 3 is 1.59 bits per heavy atom. The minimum atomic E-state index is -2.19. The summed E-state index contributed by atoms with van der Waals surface area (Å²) in [5, 5.41) is 15.5. The zero-order valence-corrected chi connectivity index (χ0v) is 21.0. The molecule has 4 aromatic carbocycles. The molecule has 0 aliphatic heterocycles. The van der Waals surface area contributed by atoms with Gasteiger partial charge in [0.15, 0.2) is 0 Å². The Kier molecular flexibility index (Phi) is 6.04. The van der Waals surface area contributed by atoms with Crippen LogP contribution in [0, 0.1) is 0 Å². The molecule has 0 spiro atoms. The summed E-state index contributed by atoms with van der Waals surface area (Å²) >= 11 is 0. The number of rotatable bonds is 6. The van der Waals surface area contributed by atoms with Crippen molar-refractivity contribution in [3.8, 4) is 22.6 Å². The van der Waals surface area contributed by atoms with Gasteiger partial charge in [0.05, 0.1) is 0 Å². The molecule has 0 saturated carbocycles. The Morgan fingerprint density at radius 1 is 0.594 bits per heavy atom. The van der Waals surface area contributed by atoms with Gasteiger partial charge in [-0.1, -0.05) is 102 Å². The van der Waals surface area contributed by atoms with Gasteiger partial charge in [0.2, 0.25) is 0 Å². The molecule has 4 aromatic rings. The summed E-state index contributed by atoms with van der Waals surface area (Å²) in [6.45, 7) is 13.8. The first kappa shape index (κ1) is 22.4. The molecular weight excluding hydrogens is 408 g/mol. The van der Waals surface area contributed by atoms with Crippen LogP contribution in [-0.4, -0.2) is 13.4 Å². The van der Waals surface area contributed by atoms with Crippen LogP contribution in [0.1, 0.15) is 41.5 Å². The fourth-order valence-corrected chi connectivity index (χ4v) is 10.9. The van der Waals surface area contributed by atoms with Crippen molar-refractivity contribution in [3.05, 3.63) is 72.8 Å². The predicted octanol–water partition coefficient (Wildman–Crippen LogP) is 8.92. The SMILES string of the molecule is CC(C)[Si](Oc1ccc2ccccc2c1-c1c(O)ccc2ccccc12)(C(C)C)C(C)C. The number of aromatic hydroxyl groups is 1. The minimum Gasteiger partial charge on any atom is -0.542 e. The van der Waals surface area contributed by atoms with Gasteiger partial charge in [-0.3, -0.25) is 0 Å². The average molecular weight is 443 g/mol. The summed E-state index contributed by atoms with van der Waals surface area (Å²) in [4.78, 5) is 0. The Balaban J connectivity index is 2.08. The molecule has 4 rings (SSSR count). The van der Waals surface area contributed by atoms with Crippen LogP contribution in [0.2, 0.25) is 16.6 Å². The van der Waals surface area contributed by atoms with Crippen molar-refractivity contribution >= 4 is 29.9 Å². The fraction of sp³-hybridized carbons (Fsp3) is 0.310. The highest BCUT2D eigenvalue weighted by Gasteiger charge is 2.47. The number of phenols is 1. The Morgan fingerprint density at radius 2 is 1.06 bits per heavy atom. The van der Waals surface area contributed by atoms with E-state index in [0.717, 1.165) is 38.4 Å². The van der Waals surface area contributed by atoms with Gasteiger partial charge in [-0.25, -0.2) is 0 Å². The third-order valence-corrected chi connectivity index (χ3v) is 13.0. The molecule has 0 aromatic heterocycles. The largest absolute Gasteiger partial charge is 0.542 e. The second-order valence-corrected chi connectivity index (χ2v) is 15.1. The van der Waals surface area contributed by atoms with Crippen LogP contribution in [0.25, 0.3) is 32.7 Å². The normalized spacial score (nSPS) is 12.4. The van der Waals surface area contributed by atoms with Gasteiger partial charge in [-0.2, -0.15) is 0 Å². The molecule has 1 N–H and O–H groups in total. The van der Waals surface area contributed by atoms with Crippen molar-refractivity contribution in [2.24, 2.45) is 0 Å². The van der Waals surface area contributed by atoms with E-state index in [2.05, 4.69) is 90.1 Å². The summed E-state index contributed by atoms with van der Waals surface area (Å²) in [7, 11) is -2.19. The summed E-state index contributed by atoms with van der Waals surface area (Å²) in [6.07, 6.45) is 0. The van der Waals surface area contributed by atoms with E-state index in [1.165, 1.54) is 0 Å². The Labute approximate surface area is 193 Å². The van der Waals surface area contributed by atoms with Gasteiger partial charge in [-0.05, 0) is 50.3 Å². The molecule has 32 heavy (non-hydrogen) atoms. The highest BCUT2D eigenvalue weighted by Crippen LogP contribution is 2.49. The van der Waals surface area contributed by atoms with Crippen molar-refractivity contribution in [2.45, 2.75) is 58.2 Å². The van der Waals surface area contributed by atoms with E-state index in [-0.39, 0.29) is 5.75 Å². The van der Waals surface area contributed by atoms with Crippen LogP contribution in [0.3, 0.4) is 0 Å². The molecule has 0 aliphatic carbocycles. The smallest absolute Gasteiger partial charge is 0.258 e. The molecule has 0 unspecified atom stereocenters. The first-order valence-corrected chi connectivity index (χ1v) is 13.8. The first-order valence-electron chi connectivity index (χ1n) is 11.7. The van der Waals surface area contributed by atoms with Gasteiger partial charge < -0.3 is 9.53 Å². The molecule has 0 atom stereocenters. The van der Waals surface area contributed by atoms with E-state index in [0.29, 0.717) is 16.6 Å². The lowest BCUT2D eigenvalue weighted by molar-refractivity contribution is 0.473. The standard InChI is InChI=1S/C29H34O2Si/c1-19(2)32(20(3)4,21(5)6)31-27-18-16-23-12-8-10-14-25(23)29(27)28-24-13-9-7-11-22(24)15-17-26(28)30/h7-21,30H,1-6H3. The quantitative estimate of drug-likeness (QED) is 0.302. The van der Waals surface area contributed by atoms with E-state index in [9.17, 15) is 5.11 Å². The maximum Gasteiger partial charge on any atom is 0.258 e. The number of phenolic OH excluding ortho intramolecular Hbond substituents is 1. The minimum absolute atomic E-state index is 0.288. The van der Waals surface area contributed by atoms with Gasteiger partial charge in [0.25, 0.3) is 8.32 Å². The van der Waals surface area contributed by atoms with Gasteiger partial charge in [-0.15, -0.1) is 0 Å². The number of hydrogen-bond donors (Lipinski definition) is 1. The predicted molar refractivity (Wildman–Crippen MR) is 140 cm³/mol. The summed E-state index contributed by atoms with van der Waals surface area (Å²) in [6, 6.07) is 24.7. The summed E-state index contributed by atoms with van der Waals surface area (Å²) < 4.78 is 7.21. The lowest BCUT2D eigenvalue weighted by Gasteiger charge is -2.42. The molecule has 3 heteroatoms. The third kappa shape index (κ3) is 3.59. The van der Waals surface area contributed by atoms with E-state index >= 15 is 0 Å². The molecule has 0 bridgehead atoms. The van der Waals surface area contributed by atoms with Gasteiger partial charge in [0, 0.05) is 11.1 Å². The van der Waals surface area contributed by atoms with E-state index in [4.69, 9.17) is 4.43 Å².